The summed E-state index contributed by atoms with van der Waals surface area (Å²) in [7, 11) is 0. The zero-order valence-electron chi connectivity index (χ0n) is 10.9. The molecular weight excluding hydrogens is 222 g/mol. The molecule has 2 N–H and O–H groups in total. The first-order valence-corrected chi connectivity index (χ1v) is 5.96. The minimum atomic E-state index is -1.10. The van der Waals surface area contributed by atoms with Crippen molar-refractivity contribution in [2.45, 2.75) is 58.1 Å². The Bertz CT molecular complexity index is 321. The van der Waals surface area contributed by atoms with Gasteiger partial charge in [0.05, 0.1) is 0 Å². The second kappa shape index (κ2) is 4.55. The number of amides is 1. The number of carboxylic acid groups (broad SMARTS) is 1. The van der Waals surface area contributed by atoms with Crippen LogP contribution in [0.2, 0.25) is 0 Å². The van der Waals surface area contributed by atoms with Crippen LogP contribution < -0.4 is 5.32 Å². The molecule has 2 atom stereocenters. The molecule has 2 unspecified atom stereocenters. The normalized spacial score (nSPS) is 27.4. The Labute approximate surface area is 102 Å². The number of carbonyl (C=O) groups excluding carboxylic acids is 1. The van der Waals surface area contributed by atoms with E-state index in [4.69, 9.17) is 4.74 Å². The Morgan fingerprint density at radius 1 is 1.47 bits per heavy atom. The Kier molecular flexibility index (Phi) is 3.69. The van der Waals surface area contributed by atoms with E-state index in [1.807, 2.05) is 6.92 Å². The summed E-state index contributed by atoms with van der Waals surface area (Å²) in [5.74, 6) is -0.945. The number of hydrogen-bond acceptors (Lipinski definition) is 3. The third-order valence-electron chi connectivity index (χ3n) is 2.85. The molecule has 0 bridgehead atoms. The molecule has 0 aromatic rings. The van der Waals surface area contributed by atoms with Crippen molar-refractivity contribution in [3.05, 3.63) is 0 Å². The van der Waals surface area contributed by atoms with Gasteiger partial charge in [-0.05, 0) is 39.5 Å². The fourth-order valence-electron chi connectivity index (χ4n) is 1.98. The minimum Gasteiger partial charge on any atom is -0.479 e. The largest absolute Gasteiger partial charge is 0.479 e. The fraction of sp³-hybridized carbons (Fsp3) is 0.833. The molecule has 98 valence electrons. The highest BCUT2D eigenvalue weighted by atomic mass is 16.6. The van der Waals surface area contributed by atoms with Crippen LogP contribution in [0.1, 0.15) is 47.0 Å². The third-order valence-corrected chi connectivity index (χ3v) is 2.85. The first-order chi connectivity index (χ1) is 7.71. The summed E-state index contributed by atoms with van der Waals surface area (Å²) < 4.78 is 5.08. The number of rotatable bonds is 4. The van der Waals surface area contributed by atoms with Crippen molar-refractivity contribution in [1.82, 2.24) is 5.32 Å². The van der Waals surface area contributed by atoms with Gasteiger partial charge in [0.15, 0.2) is 0 Å². The number of ether oxygens (including phenoxy) is 1. The molecule has 17 heavy (non-hydrogen) atoms. The average molecular weight is 243 g/mol. The van der Waals surface area contributed by atoms with E-state index in [-0.39, 0.29) is 5.92 Å². The van der Waals surface area contributed by atoms with E-state index in [9.17, 15) is 14.7 Å². The Morgan fingerprint density at radius 2 is 2.06 bits per heavy atom. The quantitative estimate of drug-likeness (QED) is 0.793. The summed E-state index contributed by atoms with van der Waals surface area (Å²) in [5.41, 5.74) is -1.71. The van der Waals surface area contributed by atoms with E-state index >= 15 is 0 Å². The molecule has 1 amide bonds. The Balaban J connectivity index is 2.59. The lowest BCUT2D eigenvalue weighted by molar-refractivity contribution is -0.141. The second-order valence-electron chi connectivity index (χ2n) is 5.59. The predicted molar refractivity (Wildman–Crippen MR) is 62.8 cm³/mol. The lowest BCUT2D eigenvalue weighted by Crippen LogP contribution is -2.47. The Morgan fingerprint density at radius 3 is 2.47 bits per heavy atom. The molecule has 0 spiro atoms. The predicted octanol–water partition coefficient (Wildman–Crippen LogP) is 2.15. The van der Waals surface area contributed by atoms with Gasteiger partial charge in [0.1, 0.15) is 11.1 Å². The van der Waals surface area contributed by atoms with Gasteiger partial charge >= 0.3 is 12.1 Å². The van der Waals surface area contributed by atoms with Gasteiger partial charge in [-0.3, -0.25) is 0 Å². The van der Waals surface area contributed by atoms with Crippen LogP contribution in [0.4, 0.5) is 4.79 Å². The molecule has 1 rings (SSSR count). The molecule has 0 saturated heterocycles. The fourth-order valence-corrected chi connectivity index (χ4v) is 1.98. The van der Waals surface area contributed by atoms with E-state index in [0.717, 1.165) is 12.8 Å². The van der Waals surface area contributed by atoms with Gasteiger partial charge in [0, 0.05) is 0 Å². The summed E-state index contributed by atoms with van der Waals surface area (Å²) in [5, 5.41) is 11.7. The van der Waals surface area contributed by atoms with Crippen LogP contribution in [0.3, 0.4) is 0 Å². The Hall–Kier alpha value is -1.26. The monoisotopic (exact) mass is 243 g/mol. The lowest BCUT2D eigenvalue weighted by Gasteiger charge is -2.22. The van der Waals surface area contributed by atoms with Crippen LogP contribution in [0.5, 0.6) is 0 Å². The van der Waals surface area contributed by atoms with Crippen LogP contribution in [0.15, 0.2) is 0 Å². The first-order valence-electron chi connectivity index (χ1n) is 5.96. The van der Waals surface area contributed by atoms with Gasteiger partial charge in [-0.15, -0.1) is 0 Å². The molecule has 1 saturated carbocycles. The van der Waals surface area contributed by atoms with Crippen molar-refractivity contribution in [3.8, 4) is 0 Å². The second-order valence-corrected chi connectivity index (χ2v) is 5.59. The molecule has 1 aliphatic rings. The van der Waals surface area contributed by atoms with Gasteiger partial charge in [-0.2, -0.15) is 0 Å². The summed E-state index contributed by atoms with van der Waals surface area (Å²) in [6.45, 7) is 7.24. The smallest absolute Gasteiger partial charge is 0.408 e. The standard InChI is InChI=1S/C12H21NO4/c1-5-6-8-7-12(8,9(14)15)13-10(16)17-11(2,3)4/h8H,5-7H2,1-4H3,(H,13,16)(H,14,15). The van der Waals surface area contributed by atoms with Gasteiger partial charge in [-0.1, -0.05) is 13.3 Å². The van der Waals surface area contributed by atoms with Gasteiger partial charge in [-0.25, -0.2) is 9.59 Å². The maximum atomic E-state index is 11.6. The van der Waals surface area contributed by atoms with Crippen molar-refractivity contribution in [1.29, 1.82) is 0 Å². The van der Waals surface area contributed by atoms with E-state index in [1.165, 1.54) is 0 Å². The van der Waals surface area contributed by atoms with E-state index in [1.54, 1.807) is 20.8 Å². The van der Waals surface area contributed by atoms with E-state index in [0.29, 0.717) is 6.42 Å². The SMILES string of the molecule is CCCC1CC1(NC(=O)OC(C)(C)C)C(=O)O. The molecule has 5 nitrogen and oxygen atoms in total. The maximum Gasteiger partial charge on any atom is 0.408 e. The number of alkyl carbamates (subject to hydrolysis) is 1. The number of carbonyl (C=O) groups is 2. The lowest BCUT2D eigenvalue weighted by atomic mass is 10.1. The van der Waals surface area contributed by atoms with E-state index in [2.05, 4.69) is 5.32 Å². The van der Waals surface area contributed by atoms with Crippen LogP contribution in [-0.4, -0.2) is 28.3 Å². The number of aliphatic carboxylic acids is 1. The van der Waals surface area contributed by atoms with Crippen molar-refractivity contribution in [3.63, 3.8) is 0 Å². The van der Waals surface area contributed by atoms with Gasteiger partial charge in [0.2, 0.25) is 0 Å². The highest BCUT2D eigenvalue weighted by Crippen LogP contribution is 2.46. The molecule has 0 aliphatic heterocycles. The van der Waals surface area contributed by atoms with Crippen LogP contribution in [0, 0.1) is 5.92 Å². The highest BCUT2D eigenvalue weighted by molar-refractivity contribution is 5.88. The maximum absolute atomic E-state index is 11.6. The third kappa shape index (κ3) is 3.35. The van der Waals surface area contributed by atoms with Crippen molar-refractivity contribution < 1.29 is 19.4 Å². The molecular formula is C12H21NO4. The average Bonchev–Trinajstić information content (AvgIpc) is 2.76. The van der Waals surface area contributed by atoms with Gasteiger partial charge in [0.25, 0.3) is 0 Å². The number of carboxylic acids is 1. The molecule has 1 fully saturated rings. The molecule has 1 aliphatic carbocycles. The van der Waals surface area contributed by atoms with Crippen LogP contribution >= 0.6 is 0 Å². The molecule has 0 aromatic heterocycles. The molecule has 0 aromatic carbocycles. The summed E-state index contributed by atoms with van der Waals surface area (Å²) in [6.07, 6.45) is 1.56. The van der Waals surface area contributed by atoms with Gasteiger partial charge < -0.3 is 15.2 Å². The highest BCUT2D eigenvalue weighted by Gasteiger charge is 2.61. The summed E-state index contributed by atoms with van der Waals surface area (Å²) in [6, 6.07) is 0. The molecule has 0 radical (unpaired) electrons. The zero-order valence-corrected chi connectivity index (χ0v) is 10.9. The van der Waals surface area contributed by atoms with Crippen LogP contribution in [0.25, 0.3) is 0 Å². The molecule has 5 heteroatoms. The molecule has 0 heterocycles. The summed E-state index contributed by atoms with van der Waals surface area (Å²) >= 11 is 0. The van der Waals surface area contributed by atoms with Crippen molar-refractivity contribution in [2.75, 3.05) is 0 Å². The van der Waals surface area contributed by atoms with Crippen LogP contribution in [-0.2, 0) is 9.53 Å². The zero-order chi connectivity index (χ0) is 13.3. The van der Waals surface area contributed by atoms with E-state index < -0.39 is 23.2 Å². The number of hydrogen-bond donors (Lipinski definition) is 2. The number of nitrogens with one attached hydrogen (secondary N) is 1. The first kappa shape index (κ1) is 13.8. The van der Waals surface area contributed by atoms with Crippen molar-refractivity contribution >= 4 is 12.1 Å². The van der Waals surface area contributed by atoms with Crippen molar-refractivity contribution in [2.24, 2.45) is 5.92 Å². The topological polar surface area (TPSA) is 75.6 Å². The summed E-state index contributed by atoms with van der Waals surface area (Å²) in [4.78, 5) is 22.8. The minimum absolute atomic E-state index is 0.0255.